The molecule has 3 aromatic rings. The third kappa shape index (κ3) is 4.55. The Morgan fingerprint density at radius 3 is 2.54 bits per heavy atom. The van der Waals surface area contributed by atoms with Crippen LogP contribution in [-0.2, 0) is 16.6 Å². The van der Waals surface area contributed by atoms with Gasteiger partial charge in [0.25, 0.3) is 15.9 Å². The highest BCUT2D eigenvalue weighted by molar-refractivity contribution is 7.92. The van der Waals surface area contributed by atoms with Crippen LogP contribution in [0.4, 0.5) is 5.69 Å². The average molecular weight is 419 g/mol. The smallest absolute Gasteiger partial charge is 0.261 e. The van der Waals surface area contributed by atoms with E-state index < -0.39 is 15.9 Å². The fraction of sp³-hybridized carbons (Fsp3) is 0.150. The first-order chi connectivity index (χ1) is 13.3. The summed E-state index contributed by atoms with van der Waals surface area (Å²) in [7, 11) is -3.88. The Bertz CT molecular complexity index is 1110. The van der Waals surface area contributed by atoms with Gasteiger partial charge in [-0.3, -0.25) is 9.52 Å². The minimum atomic E-state index is -3.88. The van der Waals surface area contributed by atoms with E-state index in [-0.39, 0.29) is 22.0 Å². The van der Waals surface area contributed by atoms with Gasteiger partial charge in [0.1, 0.15) is 0 Å². The molecule has 8 heteroatoms. The summed E-state index contributed by atoms with van der Waals surface area (Å²) in [6, 6.07) is 11.0. The van der Waals surface area contributed by atoms with Crippen LogP contribution in [0.1, 0.15) is 27.0 Å². The van der Waals surface area contributed by atoms with Crippen molar-refractivity contribution in [2.45, 2.75) is 25.3 Å². The quantitative estimate of drug-likeness (QED) is 0.625. The molecule has 0 saturated carbocycles. The van der Waals surface area contributed by atoms with Crippen LogP contribution in [0.2, 0.25) is 5.02 Å². The Morgan fingerprint density at radius 2 is 1.86 bits per heavy atom. The number of nitrogens with one attached hydrogen (secondary N) is 2. The number of carbonyl (C=O) groups is 1. The van der Waals surface area contributed by atoms with E-state index in [1.807, 2.05) is 19.9 Å². The molecule has 0 aliphatic rings. The Balaban J connectivity index is 1.82. The molecule has 0 radical (unpaired) electrons. The first-order valence-electron chi connectivity index (χ1n) is 8.45. The molecule has 0 saturated heterocycles. The predicted octanol–water partition coefficient (Wildman–Crippen LogP) is 4.28. The Hall–Kier alpha value is -2.77. The second-order valence-electron chi connectivity index (χ2n) is 6.36. The standard InChI is InChI=1S/C20H19ClN2O4S/c1-13-3-4-16(9-14(13)2)23-28(25,26)17-5-6-19(21)18(10-17)20(24)22-11-15-7-8-27-12-15/h3-10,12,23H,11H2,1-2H3,(H,22,24). The van der Waals surface area contributed by atoms with Crippen molar-refractivity contribution in [1.82, 2.24) is 5.32 Å². The van der Waals surface area contributed by atoms with Crippen LogP contribution in [0.25, 0.3) is 0 Å². The number of halogens is 1. The molecule has 1 heterocycles. The zero-order valence-corrected chi connectivity index (χ0v) is 16.9. The number of carbonyl (C=O) groups excluding carboxylic acids is 1. The molecule has 0 aliphatic carbocycles. The third-order valence-electron chi connectivity index (χ3n) is 4.29. The Labute approximate surface area is 168 Å². The highest BCUT2D eigenvalue weighted by atomic mass is 35.5. The average Bonchev–Trinajstić information content (AvgIpc) is 3.16. The van der Waals surface area contributed by atoms with E-state index in [4.69, 9.17) is 16.0 Å². The number of benzene rings is 2. The number of amides is 1. The van der Waals surface area contributed by atoms with E-state index in [0.717, 1.165) is 16.7 Å². The van der Waals surface area contributed by atoms with Gasteiger partial charge in [0.2, 0.25) is 0 Å². The number of rotatable bonds is 6. The molecule has 0 aliphatic heterocycles. The second-order valence-corrected chi connectivity index (χ2v) is 8.45. The van der Waals surface area contributed by atoms with Gasteiger partial charge in [-0.1, -0.05) is 17.7 Å². The molecular formula is C20H19ClN2O4S. The molecule has 0 bridgehead atoms. The van der Waals surface area contributed by atoms with Crippen LogP contribution in [-0.4, -0.2) is 14.3 Å². The van der Waals surface area contributed by atoms with E-state index in [9.17, 15) is 13.2 Å². The zero-order chi connectivity index (χ0) is 20.3. The number of aryl methyl sites for hydroxylation is 2. The van der Waals surface area contributed by atoms with Crippen molar-refractivity contribution in [1.29, 1.82) is 0 Å². The maximum absolute atomic E-state index is 12.7. The molecule has 146 valence electrons. The number of anilines is 1. The number of hydrogen-bond acceptors (Lipinski definition) is 4. The fourth-order valence-electron chi connectivity index (χ4n) is 2.54. The first-order valence-corrected chi connectivity index (χ1v) is 10.3. The molecule has 1 amide bonds. The van der Waals surface area contributed by atoms with Crippen LogP contribution in [0.15, 0.2) is 64.3 Å². The molecular weight excluding hydrogens is 400 g/mol. The molecule has 2 N–H and O–H groups in total. The van der Waals surface area contributed by atoms with Crippen LogP contribution >= 0.6 is 11.6 Å². The molecule has 3 rings (SSSR count). The SMILES string of the molecule is Cc1ccc(NS(=O)(=O)c2ccc(Cl)c(C(=O)NCc3ccoc3)c2)cc1C. The van der Waals surface area contributed by atoms with Gasteiger partial charge in [0.05, 0.1) is 28.0 Å². The minimum Gasteiger partial charge on any atom is -0.472 e. The number of hydrogen-bond donors (Lipinski definition) is 2. The normalized spacial score (nSPS) is 11.2. The van der Waals surface area contributed by atoms with Crippen molar-refractivity contribution < 1.29 is 17.6 Å². The second kappa shape index (κ2) is 8.08. The van der Waals surface area contributed by atoms with Crippen LogP contribution in [0.3, 0.4) is 0 Å². The summed E-state index contributed by atoms with van der Waals surface area (Å²) in [6.07, 6.45) is 3.01. The topological polar surface area (TPSA) is 88.4 Å². The van der Waals surface area contributed by atoms with Gasteiger partial charge in [0.15, 0.2) is 0 Å². The minimum absolute atomic E-state index is 0.0522. The summed E-state index contributed by atoms with van der Waals surface area (Å²) in [6.45, 7) is 4.09. The zero-order valence-electron chi connectivity index (χ0n) is 15.3. The van der Waals surface area contributed by atoms with Crippen molar-refractivity contribution >= 4 is 33.2 Å². The lowest BCUT2D eigenvalue weighted by molar-refractivity contribution is 0.0951. The lowest BCUT2D eigenvalue weighted by Gasteiger charge is -2.12. The van der Waals surface area contributed by atoms with Crippen LogP contribution in [0.5, 0.6) is 0 Å². The fourth-order valence-corrected chi connectivity index (χ4v) is 3.81. The molecule has 0 fully saturated rings. The Kier molecular flexibility index (Phi) is 5.76. The monoisotopic (exact) mass is 418 g/mol. The molecule has 0 unspecified atom stereocenters. The van der Waals surface area contributed by atoms with Gasteiger partial charge in [-0.2, -0.15) is 0 Å². The molecule has 28 heavy (non-hydrogen) atoms. The van der Waals surface area contributed by atoms with Crippen LogP contribution < -0.4 is 10.0 Å². The van der Waals surface area contributed by atoms with Crippen molar-refractivity contribution in [2.75, 3.05) is 4.72 Å². The van der Waals surface area contributed by atoms with E-state index in [1.54, 1.807) is 18.2 Å². The van der Waals surface area contributed by atoms with Gasteiger partial charge in [-0.15, -0.1) is 0 Å². The van der Waals surface area contributed by atoms with Crippen molar-refractivity contribution in [3.05, 3.63) is 82.3 Å². The summed E-state index contributed by atoms with van der Waals surface area (Å²) in [5, 5.41) is 2.85. The van der Waals surface area contributed by atoms with Crippen molar-refractivity contribution in [3.63, 3.8) is 0 Å². The molecule has 2 aromatic carbocycles. The molecule has 6 nitrogen and oxygen atoms in total. The lowest BCUT2D eigenvalue weighted by Crippen LogP contribution is -2.23. The van der Waals surface area contributed by atoms with Gasteiger partial charge >= 0.3 is 0 Å². The summed E-state index contributed by atoms with van der Waals surface area (Å²) >= 11 is 6.11. The summed E-state index contributed by atoms with van der Waals surface area (Å²) < 4.78 is 32.9. The summed E-state index contributed by atoms with van der Waals surface area (Å²) in [5.41, 5.74) is 3.34. The van der Waals surface area contributed by atoms with Gasteiger partial charge in [-0.25, -0.2) is 8.42 Å². The largest absolute Gasteiger partial charge is 0.472 e. The first kappa shape index (κ1) is 20.0. The van der Waals surface area contributed by atoms with Crippen LogP contribution in [0, 0.1) is 13.8 Å². The summed E-state index contributed by atoms with van der Waals surface area (Å²) in [4.78, 5) is 12.4. The van der Waals surface area contributed by atoms with Crippen molar-refractivity contribution in [3.8, 4) is 0 Å². The lowest BCUT2D eigenvalue weighted by atomic mass is 10.1. The van der Waals surface area contributed by atoms with Gasteiger partial charge < -0.3 is 9.73 Å². The van der Waals surface area contributed by atoms with E-state index >= 15 is 0 Å². The molecule has 0 spiro atoms. The maximum Gasteiger partial charge on any atom is 0.261 e. The third-order valence-corrected chi connectivity index (χ3v) is 5.99. The Morgan fingerprint density at radius 1 is 1.07 bits per heavy atom. The number of sulfonamides is 1. The van der Waals surface area contributed by atoms with Gasteiger partial charge in [-0.05, 0) is 61.4 Å². The van der Waals surface area contributed by atoms with E-state index in [2.05, 4.69) is 10.0 Å². The predicted molar refractivity (Wildman–Crippen MR) is 108 cm³/mol. The summed E-state index contributed by atoms with van der Waals surface area (Å²) in [5.74, 6) is -0.477. The van der Waals surface area contributed by atoms with Gasteiger partial charge in [0, 0.05) is 17.8 Å². The highest BCUT2D eigenvalue weighted by Crippen LogP contribution is 2.23. The maximum atomic E-state index is 12.7. The number of furan rings is 1. The van der Waals surface area contributed by atoms with E-state index in [0.29, 0.717) is 5.69 Å². The van der Waals surface area contributed by atoms with E-state index in [1.165, 1.54) is 30.7 Å². The van der Waals surface area contributed by atoms with Crippen molar-refractivity contribution in [2.24, 2.45) is 0 Å². The molecule has 0 atom stereocenters. The highest BCUT2D eigenvalue weighted by Gasteiger charge is 2.19. The molecule has 1 aromatic heterocycles.